The maximum Gasteiger partial charge on any atom is 0.305 e. The zero-order valence-corrected chi connectivity index (χ0v) is 37.8. The fourth-order valence-corrected chi connectivity index (χ4v) is 7.86. The van der Waals surface area contributed by atoms with E-state index in [9.17, 15) is 9.90 Å². The first-order valence-corrected chi connectivity index (χ1v) is 24.9. The van der Waals surface area contributed by atoms with Gasteiger partial charge in [0.25, 0.3) is 0 Å². The van der Waals surface area contributed by atoms with Crippen LogP contribution in [-0.4, -0.2) is 55.4 Å². The molecule has 0 saturated heterocycles. The molecule has 55 heavy (non-hydrogen) atoms. The number of hydrogen-bond acceptors (Lipinski definition) is 5. The molecule has 0 aliphatic heterocycles. The van der Waals surface area contributed by atoms with E-state index in [-0.39, 0.29) is 5.97 Å². The molecular formula is C50H99NO4. The first kappa shape index (κ1) is 53.9. The van der Waals surface area contributed by atoms with Crippen molar-refractivity contribution >= 4 is 5.97 Å². The predicted molar refractivity (Wildman–Crippen MR) is 241 cm³/mol. The number of ether oxygens (including phenoxy) is 2. The summed E-state index contributed by atoms with van der Waals surface area (Å²) in [7, 11) is 0. The van der Waals surface area contributed by atoms with Crippen molar-refractivity contribution in [3.05, 3.63) is 12.3 Å². The van der Waals surface area contributed by atoms with Crippen LogP contribution in [0.2, 0.25) is 0 Å². The number of rotatable bonds is 47. The van der Waals surface area contributed by atoms with E-state index in [2.05, 4.69) is 32.3 Å². The van der Waals surface area contributed by atoms with E-state index in [1.54, 1.807) is 0 Å². The van der Waals surface area contributed by atoms with Crippen molar-refractivity contribution in [3.8, 4) is 0 Å². The van der Waals surface area contributed by atoms with Crippen molar-refractivity contribution in [2.75, 3.05) is 39.5 Å². The van der Waals surface area contributed by atoms with Crippen LogP contribution in [0.3, 0.4) is 0 Å². The molecule has 5 heteroatoms. The molecule has 1 atom stereocenters. The molecular weight excluding hydrogens is 679 g/mol. The smallest absolute Gasteiger partial charge is 0.305 e. The van der Waals surface area contributed by atoms with Gasteiger partial charge in [-0.1, -0.05) is 201 Å². The summed E-state index contributed by atoms with van der Waals surface area (Å²) < 4.78 is 11.6. The van der Waals surface area contributed by atoms with Gasteiger partial charge in [0, 0.05) is 18.9 Å². The number of allylic oxidation sites excluding steroid dienone is 1. The van der Waals surface area contributed by atoms with E-state index in [1.807, 2.05) is 0 Å². The van der Waals surface area contributed by atoms with Gasteiger partial charge < -0.3 is 19.5 Å². The van der Waals surface area contributed by atoms with E-state index in [0.717, 1.165) is 57.4 Å². The zero-order valence-electron chi connectivity index (χ0n) is 37.8. The van der Waals surface area contributed by atoms with Crippen molar-refractivity contribution in [3.63, 3.8) is 0 Å². The third kappa shape index (κ3) is 40.9. The normalized spacial score (nSPS) is 12.1. The van der Waals surface area contributed by atoms with Crippen LogP contribution < -0.4 is 0 Å². The van der Waals surface area contributed by atoms with E-state index in [4.69, 9.17) is 9.47 Å². The number of hydrogen-bond donors (Lipinski definition) is 1. The molecule has 0 aromatic heterocycles. The summed E-state index contributed by atoms with van der Waals surface area (Å²) >= 11 is 0. The highest BCUT2D eigenvalue weighted by atomic mass is 16.5. The third-order valence-corrected chi connectivity index (χ3v) is 11.7. The number of carbonyl (C=O) groups is 1. The average molecular weight is 778 g/mol. The number of unbranched alkanes of at least 4 members (excludes halogenated alkanes) is 28. The highest BCUT2D eigenvalue weighted by molar-refractivity contribution is 5.69. The maximum atomic E-state index is 11.7. The molecule has 0 rings (SSSR count). The number of nitrogens with zero attached hydrogens (tertiary/aromatic N) is 1. The SMILES string of the molecule is C=C(OCCCCCCCCCCCCN(CCCCO)CCCCCCCCCCCCOC(=O)CCCCC)C(CCCCCC)CCCCCCC. The van der Waals surface area contributed by atoms with Crippen LogP contribution in [0.25, 0.3) is 0 Å². The first-order chi connectivity index (χ1) is 27.1. The van der Waals surface area contributed by atoms with Crippen LogP contribution in [0.1, 0.15) is 258 Å². The summed E-state index contributed by atoms with van der Waals surface area (Å²) in [4.78, 5) is 14.3. The Labute approximate surface area is 345 Å². The standard InChI is InChI=1S/C50H99NO4/c1-5-8-11-25-32-40-49(39-31-12-9-6-2)48(4)54-46-37-28-23-19-15-13-17-21-26-33-42-51(44-35-36-45-52)43-34-27-22-18-14-16-20-24-29-38-47-55-50(53)41-30-10-7-3/h49,52H,4-47H2,1-3H3. The summed E-state index contributed by atoms with van der Waals surface area (Å²) in [6.07, 6.45) is 46.8. The Balaban J connectivity index is 3.81. The molecule has 0 fully saturated rings. The Bertz CT molecular complexity index is 773. The largest absolute Gasteiger partial charge is 0.498 e. The van der Waals surface area contributed by atoms with Gasteiger partial charge in [-0.3, -0.25) is 4.79 Å². The van der Waals surface area contributed by atoms with Crippen molar-refractivity contribution in [2.45, 2.75) is 258 Å². The second kappa shape index (κ2) is 45.6. The summed E-state index contributed by atoms with van der Waals surface area (Å²) in [5.74, 6) is 1.64. The first-order valence-electron chi connectivity index (χ1n) is 24.9. The summed E-state index contributed by atoms with van der Waals surface area (Å²) in [6.45, 7) is 16.5. The molecule has 0 spiro atoms. The van der Waals surface area contributed by atoms with Crippen LogP contribution in [0, 0.1) is 5.92 Å². The van der Waals surface area contributed by atoms with E-state index in [0.29, 0.717) is 25.6 Å². The average Bonchev–Trinajstić information content (AvgIpc) is 3.18. The Morgan fingerprint density at radius 2 is 0.800 bits per heavy atom. The number of carbonyl (C=O) groups excluding carboxylic acids is 1. The van der Waals surface area contributed by atoms with Gasteiger partial charge in [0.15, 0.2) is 0 Å². The molecule has 328 valence electrons. The lowest BCUT2D eigenvalue weighted by atomic mass is 9.93. The molecule has 0 saturated carbocycles. The molecule has 0 amide bonds. The van der Waals surface area contributed by atoms with Crippen LogP contribution in [0.4, 0.5) is 0 Å². The molecule has 0 aromatic carbocycles. The lowest BCUT2D eigenvalue weighted by Crippen LogP contribution is -2.27. The van der Waals surface area contributed by atoms with Gasteiger partial charge in [-0.15, -0.1) is 0 Å². The molecule has 1 unspecified atom stereocenters. The summed E-state index contributed by atoms with van der Waals surface area (Å²) in [5, 5.41) is 9.28. The van der Waals surface area contributed by atoms with Gasteiger partial charge >= 0.3 is 5.97 Å². The minimum absolute atomic E-state index is 0.0104. The highest BCUT2D eigenvalue weighted by Crippen LogP contribution is 2.26. The van der Waals surface area contributed by atoms with Crippen LogP contribution in [-0.2, 0) is 14.3 Å². The number of aliphatic hydroxyl groups excluding tert-OH is 1. The van der Waals surface area contributed by atoms with Gasteiger partial charge in [0.2, 0.25) is 0 Å². The van der Waals surface area contributed by atoms with Crippen molar-refractivity contribution in [1.82, 2.24) is 4.90 Å². The van der Waals surface area contributed by atoms with Gasteiger partial charge in [0.1, 0.15) is 0 Å². The molecule has 0 heterocycles. The monoisotopic (exact) mass is 778 g/mol. The lowest BCUT2D eigenvalue weighted by Gasteiger charge is -2.22. The molecule has 0 aromatic rings. The molecule has 0 aliphatic carbocycles. The van der Waals surface area contributed by atoms with E-state index >= 15 is 0 Å². The Kier molecular flexibility index (Phi) is 44.7. The number of aliphatic hydroxyl groups is 1. The van der Waals surface area contributed by atoms with Gasteiger partial charge in [-0.05, 0) is 77.4 Å². The lowest BCUT2D eigenvalue weighted by molar-refractivity contribution is -0.143. The van der Waals surface area contributed by atoms with Crippen LogP contribution in [0.5, 0.6) is 0 Å². The Hall–Kier alpha value is -1.07. The van der Waals surface area contributed by atoms with Crippen LogP contribution in [0.15, 0.2) is 12.3 Å². The molecule has 0 bridgehead atoms. The van der Waals surface area contributed by atoms with Crippen molar-refractivity contribution in [1.29, 1.82) is 0 Å². The predicted octanol–water partition coefficient (Wildman–Crippen LogP) is 15.5. The third-order valence-electron chi connectivity index (χ3n) is 11.7. The fraction of sp³-hybridized carbons (Fsp3) is 0.940. The maximum absolute atomic E-state index is 11.7. The Morgan fingerprint density at radius 1 is 0.455 bits per heavy atom. The minimum Gasteiger partial charge on any atom is -0.498 e. The van der Waals surface area contributed by atoms with Gasteiger partial charge in [0.05, 0.1) is 19.0 Å². The second-order valence-electron chi connectivity index (χ2n) is 17.1. The quantitative estimate of drug-likeness (QED) is 0.0379. The van der Waals surface area contributed by atoms with Crippen molar-refractivity contribution in [2.24, 2.45) is 5.92 Å². The second-order valence-corrected chi connectivity index (χ2v) is 17.1. The highest BCUT2D eigenvalue weighted by Gasteiger charge is 2.14. The van der Waals surface area contributed by atoms with Gasteiger partial charge in [-0.25, -0.2) is 0 Å². The Morgan fingerprint density at radius 3 is 1.25 bits per heavy atom. The zero-order chi connectivity index (χ0) is 40.1. The molecule has 5 nitrogen and oxygen atoms in total. The molecule has 0 aliphatic rings. The fourth-order valence-electron chi connectivity index (χ4n) is 7.86. The summed E-state index contributed by atoms with van der Waals surface area (Å²) in [6, 6.07) is 0. The van der Waals surface area contributed by atoms with E-state index in [1.165, 1.54) is 206 Å². The van der Waals surface area contributed by atoms with Crippen LogP contribution >= 0.6 is 0 Å². The van der Waals surface area contributed by atoms with E-state index < -0.39 is 0 Å². The van der Waals surface area contributed by atoms with Crippen molar-refractivity contribution < 1.29 is 19.4 Å². The number of esters is 1. The molecule has 0 radical (unpaired) electrons. The topological polar surface area (TPSA) is 59.0 Å². The van der Waals surface area contributed by atoms with Gasteiger partial charge in [-0.2, -0.15) is 0 Å². The molecule has 1 N–H and O–H groups in total. The minimum atomic E-state index is -0.0104. The summed E-state index contributed by atoms with van der Waals surface area (Å²) in [5.41, 5.74) is 0.